The molecule has 0 radical (unpaired) electrons. The molecule has 37 heavy (non-hydrogen) atoms. The lowest BCUT2D eigenvalue weighted by molar-refractivity contribution is 0.0651. The Morgan fingerprint density at radius 3 is 2.51 bits per heavy atom. The number of aryl methyl sites for hydroxylation is 1. The van der Waals surface area contributed by atoms with Crippen LogP contribution in [-0.2, 0) is 17.2 Å². The van der Waals surface area contributed by atoms with Crippen LogP contribution in [0.5, 0.6) is 0 Å². The molecule has 0 aliphatic carbocycles. The molecule has 0 spiro atoms. The average molecular weight is 510 g/mol. The van der Waals surface area contributed by atoms with Gasteiger partial charge in [-0.3, -0.25) is 4.90 Å². The summed E-state index contributed by atoms with van der Waals surface area (Å²) in [6, 6.07) is 14.8. The maximum absolute atomic E-state index is 15.1. The lowest BCUT2D eigenvalue weighted by Gasteiger charge is -2.35. The highest BCUT2D eigenvalue weighted by molar-refractivity contribution is 5.80. The molecule has 1 aliphatic heterocycles. The minimum atomic E-state index is -0.639. The van der Waals surface area contributed by atoms with Crippen molar-refractivity contribution in [2.75, 3.05) is 52.5 Å². The molecular weight excluding hydrogens is 473 g/mol. The topological polar surface area (TPSA) is 105 Å². The maximum atomic E-state index is 15.1. The van der Waals surface area contributed by atoms with E-state index < -0.39 is 5.41 Å². The van der Waals surface area contributed by atoms with Crippen LogP contribution in [0.15, 0.2) is 53.5 Å². The summed E-state index contributed by atoms with van der Waals surface area (Å²) in [4.78, 5) is 13.5. The van der Waals surface area contributed by atoms with Gasteiger partial charge in [-0.15, -0.1) is 0 Å². The van der Waals surface area contributed by atoms with Crippen molar-refractivity contribution in [3.8, 4) is 11.1 Å². The van der Waals surface area contributed by atoms with Gasteiger partial charge in [-0.05, 0) is 31.0 Å². The van der Waals surface area contributed by atoms with Gasteiger partial charge in [-0.25, -0.2) is 9.07 Å². The number of aromatic nitrogens is 3. The zero-order valence-corrected chi connectivity index (χ0v) is 21.8. The van der Waals surface area contributed by atoms with Gasteiger partial charge >= 0.3 is 0 Å². The minimum Gasteiger partial charge on any atom is -0.394 e. The molecule has 9 nitrogen and oxygen atoms in total. The third kappa shape index (κ3) is 6.33. The number of halogens is 1. The SMILES string of the molecule is Cn1nc(C(C)(C)c2ccc(-c3ccccc3)c(F)c2)nc1/N=C(\N)N1CCN(CCOCCO)CC1. The van der Waals surface area contributed by atoms with Crippen molar-refractivity contribution in [1.29, 1.82) is 0 Å². The first-order valence-corrected chi connectivity index (χ1v) is 12.6. The van der Waals surface area contributed by atoms with Crippen molar-refractivity contribution in [1.82, 2.24) is 24.6 Å². The maximum Gasteiger partial charge on any atom is 0.251 e. The fourth-order valence-electron chi connectivity index (χ4n) is 4.36. The standard InChI is InChI=1S/C27H36FN7O2/c1-27(2,21-9-10-22(23(28)19-21)20-7-5-4-6-8-20)24-30-26(33(3)32-24)31-25(29)35-13-11-34(12-14-35)15-17-37-18-16-36/h4-10,19,36H,11-18H2,1-3H3,(H2,29,30,31,32). The van der Waals surface area contributed by atoms with Gasteiger partial charge in [0.2, 0.25) is 0 Å². The second-order valence-electron chi connectivity index (χ2n) is 9.68. The Hall–Kier alpha value is -3.34. The van der Waals surface area contributed by atoms with Gasteiger partial charge in [0.15, 0.2) is 11.8 Å². The number of aliphatic imine (C=N–C) groups is 1. The van der Waals surface area contributed by atoms with Gasteiger partial charge in [0.05, 0.1) is 25.2 Å². The molecule has 1 saturated heterocycles. The van der Waals surface area contributed by atoms with Crippen molar-refractivity contribution in [3.05, 3.63) is 65.7 Å². The predicted molar refractivity (Wildman–Crippen MR) is 142 cm³/mol. The average Bonchev–Trinajstić information content (AvgIpc) is 3.28. The van der Waals surface area contributed by atoms with E-state index in [0.29, 0.717) is 36.5 Å². The molecule has 198 valence electrons. The lowest BCUT2D eigenvalue weighted by Crippen LogP contribution is -2.51. The van der Waals surface area contributed by atoms with Crippen LogP contribution in [0.4, 0.5) is 10.3 Å². The van der Waals surface area contributed by atoms with E-state index in [9.17, 15) is 0 Å². The van der Waals surface area contributed by atoms with Crippen molar-refractivity contribution < 1.29 is 14.2 Å². The number of aliphatic hydroxyl groups excluding tert-OH is 1. The summed E-state index contributed by atoms with van der Waals surface area (Å²) in [5, 5.41) is 13.4. The minimum absolute atomic E-state index is 0.0408. The quantitative estimate of drug-likeness (QED) is 0.259. The Labute approximate surface area is 217 Å². The molecule has 0 amide bonds. The van der Waals surface area contributed by atoms with Crippen LogP contribution in [0.3, 0.4) is 0 Å². The van der Waals surface area contributed by atoms with E-state index >= 15 is 4.39 Å². The molecule has 2 heterocycles. The van der Waals surface area contributed by atoms with Crippen molar-refractivity contribution in [2.45, 2.75) is 19.3 Å². The first-order chi connectivity index (χ1) is 17.8. The van der Waals surface area contributed by atoms with Gasteiger partial charge in [0.25, 0.3) is 5.95 Å². The summed E-state index contributed by atoms with van der Waals surface area (Å²) in [6.07, 6.45) is 0. The van der Waals surface area contributed by atoms with E-state index in [4.69, 9.17) is 15.6 Å². The summed E-state index contributed by atoms with van der Waals surface area (Å²) in [7, 11) is 1.78. The molecule has 1 aliphatic rings. The fourth-order valence-corrected chi connectivity index (χ4v) is 4.36. The molecular formula is C27H36FN7O2. The van der Waals surface area contributed by atoms with Crippen LogP contribution in [-0.4, -0.2) is 88.2 Å². The number of hydrogen-bond acceptors (Lipinski definition) is 6. The molecule has 3 aromatic rings. The van der Waals surface area contributed by atoms with Crippen molar-refractivity contribution >= 4 is 11.9 Å². The summed E-state index contributed by atoms with van der Waals surface area (Å²) < 4.78 is 22.0. The second-order valence-corrected chi connectivity index (χ2v) is 9.68. The number of hydrogen-bond donors (Lipinski definition) is 2. The summed E-state index contributed by atoms with van der Waals surface area (Å²) in [5.74, 6) is 1.06. The number of nitrogens with two attached hydrogens (primary N) is 1. The third-order valence-corrected chi connectivity index (χ3v) is 6.77. The van der Waals surface area contributed by atoms with Crippen LogP contribution in [0.1, 0.15) is 25.2 Å². The zero-order valence-electron chi connectivity index (χ0n) is 21.8. The van der Waals surface area contributed by atoms with E-state index in [1.165, 1.54) is 0 Å². The first kappa shape index (κ1) is 26.7. The van der Waals surface area contributed by atoms with E-state index in [2.05, 4.69) is 20.0 Å². The van der Waals surface area contributed by atoms with Gasteiger partial charge in [0.1, 0.15) is 5.82 Å². The second kappa shape index (κ2) is 11.8. The highest BCUT2D eigenvalue weighted by Gasteiger charge is 2.30. The summed E-state index contributed by atoms with van der Waals surface area (Å²) >= 11 is 0. The number of rotatable bonds is 9. The Kier molecular flexibility index (Phi) is 8.52. The number of ether oxygens (including phenoxy) is 1. The number of nitrogens with zero attached hydrogens (tertiary/aromatic N) is 6. The smallest absolute Gasteiger partial charge is 0.251 e. The Balaban J connectivity index is 1.44. The molecule has 1 aromatic heterocycles. The van der Waals surface area contributed by atoms with Crippen LogP contribution in [0, 0.1) is 5.82 Å². The zero-order chi connectivity index (χ0) is 26.4. The number of piperazine rings is 1. The van der Waals surface area contributed by atoms with E-state index in [1.807, 2.05) is 55.1 Å². The molecule has 3 N–H and O–H groups in total. The molecule has 2 aromatic carbocycles. The monoisotopic (exact) mass is 509 g/mol. The van der Waals surface area contributed by atoms with E-state index in [-0.39, 0.29) is 12.4 Å². The highest BCUT2D eigenvalue weighted by atomic mass is 19.1. The summed E-state index contributed by atoms with van der Waals surface area (Å²) in [6.45, 7) is 8.96. The predicted octanol–water partition coefficient (Wildman–Crippen LogP) is 2.52. The fraction of sp³-hybridized carbons (Fsp3) is 0.444. The molecule has 4 rings (SSSR count). The molecule has 0 atom stereocenters. The van der Waals surface area contributed by atoms with Crippen LogP contribution >= 0.6 is 0 Å². The van der Waals surface area contributed by atoms with Crippen LogP contribution in [0.25, 0.3) is 11.1 Å². The van der Waals surface area contributed by atoms with Gasteiger partial charge < -0.3 is 20.5 Å². The Bertz CT molecular complexity index is 1200. The van der Waals surface area contributed by atoms with Crippen LogP contribution < -0.4 is 5.73 Å². The highest BCUT2D eigenvalue weighted by Crippen LogP contribution is 2.33. The lowest BCUT2D eigenvalue weighted by atomic mass is 9.83. The largest absolute Gasteiger partial charge is 0.394 e. The van der Waals surface area contributed by atoms with Gasteiger partial charge in [0, 0.05) is 45.3 Å². The molecule has 0 bridgehead atoms. The van der Waals surface area contributed by atoms with E-state index in [1.54, 1.807) is 23.9 Å². The first-order valence-electron chi connectivity index (χ1n) is 12.6. The van der Waals surface area contributed by atoms with E-state index in [0.717, 1.165) is 43.9 Å². The van der Waals surface area contributed by atoms with Gasteiger partial charge in [-0.1, -0.05) is 42.5 Å². The van der Waals surface area contributed by atoms with Crippen molar-refractivity contribution in [3.63, 3.8) is 0 Å². The third-order valence-electron chi connectivity index (χ3n) is 6.77. The molecule has 0 unspecified atom stereocenters. The number of guanidine groups is 1. The Morgan fingerprint density at radius 2 is 1.84 bits per heavy atom. The molecule has 1 fully saturated rings. The van der Waals surface area contributed by atoms with Crippen molar-refractivity contribution in [2.24, 2.45) is 17.8 Å². The number of benzene rings is 2. The number of aliphatic hydroxyl groups is 1. The van der Waals surface area contributed by atoms with Crippen LogP contribution in [0.2, 0.25) is 0 Å². The summed E-state index contributed by atoms with van der Waals surface area (Å²) in [5.41, 5.74) is 7.86. The normalized spacial score (nSPS) is 15.4. The molecule has 10 heteroatoms. The van der Waals surface area contributed by atoms with Gasteiger partial charge in [-0.2, -0.15) is 15.1 Å². The molecule has 0 saturated carbocycles. The Morgan fingerprint density at radius 1 is 1.11 bits per heavy atom.